The number of nitrogens with one attached hydrogen (secondary N) is 1. The number of hydrogen-bond donors (Lipinski definition) is 2. The smallest absolute Gasteiger partial charge is 0.300 e. The van der Waals surface area contributed by atoms with Gasteiger partial charge >= 0.3 is 0 Å². The van der Waals surface area contributed by atoms with Crippen LogP contribution < -0.4 is 9.64 Å². The van der Waals surface area contributed by atoms with Crippen LogP contribution in [0.2, 0.25) is 0 Å². The summed E-state index contributed by atoms with van der Waals surface area (Å²) in [6.45, 7) is 8.16. The number of hydrogen-bond acceptors (Lipinski definition) is 4. The molecule has 0 saturated carbocycles. The fourth-order valence-corrected chi connectivity index (χ4v) is 5.96. The Labute approximate surface area is 244 Å². The Hall–Kier alpha value is -5.10. The summed E-state index contributed by atoms with van der Waals surface area (Å²) in [7, 11) is 0. The number of rotatable bonds is 6. The van der Waals surface area contributed by atoms with E-state index in [1.807, 2.05) is 100 Å². The van der Waals surface area contributed by atoms with Crippen LogP contribution in [-0.4, -0.2) is 21.8 Å². The minimum Gasteiger partial charge on any atom is -0.507 e. The van der Waals surface area contributed by atoms with E-state index in [1.165, 1.54) is 4.90 Å². The fourth-order valence-electron chi connectivity index (χ4n) is 5.96. The average Bonchev–Trinajstić information content (AvgIpc) is 3.43. The maximum absolute atomic E-state index is 13.8. The highest BCUT2D eigenvalue weighted by molar-refractivity contribution is 6.52. The van der Waals surface area contributed by atoms with Crippen molar-refractivity contribution in [2.45, 2.75) is 40.3 Å². The van der Waals surface area contributed by atoms with E-state index in [1.54, 1.807) is 18.2 Å². The molecule has 1 aliphatic heterocycles. The van der Waals surface area contributed by atoms with Gasteiger partial charge < -0.3 is 14.8 Å². The maximum atomic E-state index is 13.8. The van der Waals surface area contributed by atoms with E-state index < -0.39 is 17.7 Å². The molecule has 0 radical (unpaired) electrons. The van der Waals surface area contributed by atoms with E-state index in [-0.39, 0.29) is 11.3 Å². The van der Waals surface area contributed by atoms with Crippen LogP contribution in [-0.2, 0) is 16.2 Å². The minimum absolute atomic E-state index is 0.0596. The van der Waals surface area contributed by atoms with Gasteiger partial charge in [-0.2, -0.15) is 0 Å². The molecule has 0 spiro atoms. The van der Waals surface area contributed by atoms with Crippen LogP contribution in [0.1, 0.15) is 45.1 Å². The normalized spacial score (nSPS) is 16.4. The van der Waals surface area contributed by atoms with Gasteiger partial charge in [0.1, 0.15) is 18.1 Å². The summed E-state index contributed by atoms with van der Waals surface area (Å²) in [5, 5.41) is 12.7. The van der Waals surface area contributed by atoms with Crippen LogP contribution in [0.25, 0.3) is 16.7 Å². The summed E-state index contributed by atoms with van der Waals surface area (Å²) in [5.41, 5.74) is 7.42. The molecule has 4 aromatic carbocycles. The second-order valence-corrected chi connectivity index (χ2v) is 11.0. The Morgan fingerprint density at radius 3 is 2.26 bits per heavy atom. The minimum atomic E-state index is -0.823. The highest BCUT2D eigenvalue weighted by Crippen LogP contribution is 2.46. The monoisotopic (exact) mass is 556 g/mol. The van der Waals surface area contributed by atoms with Crippen LogP contribution in [0.5, 0.6) is 5.75 Å². The Morgan fingerprint density at radius 1 is 0.857 bits per heavy atom. The number of aliphatic hydroxyl groups excluding tert-OH is 1. The van der Waals surface area contributed by atoms with Crippen LogP contribution in [0.4, 0.5) is 5.69 Å². The quantitative estimate of drug-likeness (QED) is 0.128. The molecule has 1 saturated heterocycles. The topological polar surface area (TPSA) is 82.6 Å². The van der Waals surface area contributed by atoms with E-state index >= 15 is 0 Å². The number of nitrogens with zero attached hydrogens (tertiary/aromatic N) is 1. The number of carbonyl (C=O) groups is 2. The predicted octanol–water partition coefficient (Wildman–Crippen LogP) is 7.61. The number of ether oxygens (including phenoxy) is 1. The highest BCUT2D eigenvalue weighted by atomic mass is 16.5. The summed E-state index contributed by atoms with van der Waals surface area (Å²) in [4.78, 5) is 32.5. The highest BCUT2D eigenvalue weighted by Gasteiger charge is 2.48. The summed E-state index contributed by atoms with van der Waals surface area (Å²) >= 11 is 0. The van der Waals surface area contributed by atoms with Gasteiger partial charge in [-0.25, -0.2) is 0 Å². The van der Waals surface area contributed by atoms with Gasteiger partial charge in [-0.05, 0) is 86.3 Å². The molecule has 2 heterocycles. The number of carbonyl (C=O) groups excluding carboxylic acids is 2. The predicted molar refractivity (Wildman–Crippen MR) is 166 cm³/mol. The number of aryl methyl sites for hydroxylation is 4. The Bertz CT molecular complexity index is 1860. The number of H-pyrrole nitrogens is 1. The lowest BCUT2D eigenvalue weighted by atomic mass is 9.92. The maximum Gasteiger partial charge on any atom is 0.300 e. The number of aliphatic hydroxyl groups is 1. The van der Waals surface area contributed by atoms with Gasteiger partial charge in [0.15, 0.2) is 0 Å². The van der Waals surface area contributed by atoms with Crippen molar-refractivity contribution in [2.75, 3.05) is 4.90 Å². The zero-order valence-electron chi connectivity index (χ0n) is 24.1. The molecule has 0 aliphatic carbocycles. The van der Waals surface area contributed by atoms with E-state index in [0.717, 1.165) is 44.4 Å². The second-order valence-electron chi connectivity index (χ2n) is 11.0. The SMILES string of the molecule is Cc1cc(C)cc(N2C(=O)C(=O)/C(=C(/O)c3ccc(OCc4ccccc4)c(C)c3)C2c2c(C)[nH]c3ccccc23)c1. The van der Waals surface area contributed by atoms with Crippen molar-refractivity contribution in [3.63, 3.8) is 0 Å². The molecule has 2 N–H and O–H groups in total. The molecule has 1 amide bonds. The van der Waals surface area contributed by atoms with Crippen LogP contribution in [0.3, 0.4) is 0 Å². The zero-order valence-corrected chi connectivity index (χ0v) is 24.1. The van der Waals surface area contributed by atoms with E-state index in [2.05, 4.69) is 4.98 Å². The fraction of sp³-hybridized carbons (Fsp3) is 0.167. The molecular weight excluding hydrogens is 524 g/mol. The summed E-state index contributed by atoms with van der Waals surface area (Å²) < 4.78 is 6.03. The van der Waals surface area contributed by atoms with Crippen LogP contribution >= 0.6 is 0 Å². The van der Waals surface area contributed by atoms with E-state index in [9.17, 15) is 14.7 Å². The summed E-state index contributed by atoms with van der Waals surface area (Å²) in [5.74, 6) is -0.929. The Morgan fingerprint density at radius 2 is 1.55 bits per heavy atom. The third kappa shape index (κ3) is 4.75. The summed E-state index contributed by atoms with van der Waals surface area (Å²) in [6, 6.07) is 28.0. The number of Topliss-reactive ketones (excluding diaryl/α,β-unsaturated/α-hetero) is 1. The number of ketones is 1. The molecule has 0 bridgehead atoms. The van der Waals surface area contributed by atoms with Gasteiger partial charge in [0.2, 0.25) is 0 Å². The van der Waals surface area contributed by atoms with Gasteiger partial charge in [0.05, 0.1) is 11.6 Å². The van der Waals surface area contributed by atoms with E-state index in [0.29, 0.717) is 23.6 Å². The standard InChI is InChI=1S/C36H32N2O4/c1-21-16-22(2)18-27(17-21)38-33(31-24(4)37-29-13-9-8-12-28(29)31)32(35(40)36(38)41)34(39)26-14-15-30(23(3)19-26)42-20-25-10-6-5-7-11-25/h5-19,33,37,39H,20H2,1-4H3/b34-32+. The Kier molecular flexibility index (Phi) is 6.91. The van der Waals surface area contributed by atoms with Gasteiger partial charge in [-0.3, -0.25) is 14.5 Å². The average molecular weight is 557 g/mol. The van der Waals surface area contributed by atoms with Crippen LogP contribution in [0.15, 0.2) is 96.6 Å². The second kappa shape index (κ2) is 10.7. The lowest BCUT2D eigenvalue weighted by Crippen LogP contribution is -2.29. The number of amides is 1. The molecule has 1 aromatic heterocycles. The first kappa shape index (κ1) is 27.1. The molecule has 6 heteroatoms. The number of benzene rings is 4. The largest absolute Gasteiger partial charge is 0.507 e. The van der Waals surface area contributed by atoms with Crippen molar-refractivity contribution in [2.24, 2.45) is 0 Å². The molecule has 1 fully saturated rings. The van der Waals surface area contributed by atoms with Gasteiger partial charge in [-0.15, -0.1) is 0 Å². The lowest BCUT2D eigenvalue weighted by Gasteiger charge is -2.26. The van der Waals surface area contributed by atoms with Gasteiger partial charge in [0, 0.05) is 33.4 Å². The van der Waals surface area contributed by atoms with Crippen LogP contribution in [0, 0.1) is 27.7 Å². The Balaban J connectivity index is 1.49. The molecule has 1 aliphatic rings. The van der Waals surface area contributed by atoms with Crippen molar-refractivity contribution in [3.8, 4) is 5.75 Å². The number of para-hydroxylation sites is 1. The molecule has 1 unspecified atom stereocenters. The van der Waals surface area contributed by atoms with Crippen molar-refractivity contribution in [1.82, 2.24) is 4.98 Å². The molecule has 6 nitrogen and oxygen atoms in total. The summed E-state index contributed by atoms with van der Waals surface area (Å²) in [6.07, 6.45) is 0. The van der Waals surface area contributed by atoms with Crippen molar-refractivity contribution in [3.05, 3.63) is 136 Å². The number of aromatic amines is 1. The zero-order chi connectivity index (χ0) is 29.5. The first-order chi connectivity index (χ1) is 20.2. The van der Waals surface area contributed by atoms with Gasteiger partial charge in [0.25, 0.3) is 11.7 Å². The molecule has 6 rings (SSSR count). The molecule has 1 atom stereocenters. The first-order valence-electron chi connectivity index (χ1n) is 14.0. The number of aromatic nitrogens is 1. The molecule has 42 heavy (non-hydrogen) atoms. The van der Waals surface area contributed by atoms with Crippen molar-refractivity contribution >= 4 is 34.0 Å². The number of fused-ring (bicyclic) bond motifs is 1. The molecular formula is C36H32N2O4. The van der Waals surface area contributed by atoms with Crippen molar-refractivity contribution in [1.29, 1.82) is 0 Å². The lowest BCUT2D eigenvalue weighted by molar-refractivity contribution is -0.132. The molecule has 210 valence electrons. The third-order valence-electron chi connectivity index (χ3n) is 7.83. The molecule has 5 aromatic rings. The number of anilines is 1. The van der Waals surface area contributed by atoms with Crippen molar-refractivity contribution < 1.29 is 19.4 Å². The van der Waals surface area contributed by atoms with Gasteiger partial charge in [-0.1, -0.05) is 54.6 Å². The first-order valence-corrected chi connectivity index (χ1v) is 14.0. The van der Waals surface area contributed by atoms with E-state index in [4.69, 9.17) is 4.74 Å². The third-order valence-corrected chi connectivity index (χ3v) is 7.83.